The lowest BCUT2D eigenvalue weighted by atomic mass is 9.77. The zero-order valence-electron chi connectivity index (χ0n) is 11.7. The molecule has 1 rings (SSSR count). The van der Waals surface area contributed by atoms with Gasteiger partial charge in [0.25, 0.3) is 0 Å². The Hall–Kier alpha value is -1.63. The zero-order valence-corrected chi connectivity index (χ0v) is 11.7. The fourth-order valence-corrected chi connectivity index (χ4v) is 2.35. The Bertz CT molecular complexity index is 526. The summed E-state index contributed by atoms with van der Waals surface area (Å²) in [7, 11) is 0. The molecule has 1 atom stereocenters. The number of carbonyl (C=O) groups excluding carboxylic acids is 1. The van der Waals surface area contributed by atoms with E-state index in [-0.39, 0.29) is 12.0 Å². The number of hydrogen-bond acceptors (Lipinski definition) is 2. The van der Waals surface area contributed by atoms with E-state index in [4.69, 9.17) is 5.73 Å². The summed E-state index contributed by atoms with van der Waals surface area (Å²) >= 11 is 0. The van der Waals surface area contributed by atoms with Crippen molar-refractivity contribution in [3.05, 3.63) is 35.1 Å². The van der Waals surface area contributed by atoms with Crippen molar-refractivity contribution in [1.82, 2.24) is 0 Å². The lowest BCUT2D eigenvalue weighted by molar-refractivity contribution is -0.155. The molecule has 21 heavy (non-hydrogen) atoms. The first kappa shape index (κ1) is 17.4. The second-order valence-corrected chi connectivity index (χ2v) is 5.62. The Morgan fingerprint density at radius 2 is 1.86 bits per heavy atom. The SMILES string of the molecule is CC(C)(C[C@H](O)CC(F)(F)F)c1ccc(F)cc1C(N)=O. The summed E-state index contributed by atoms with van der Waals surface area (Å²) in [5.41, 5.74) is 4.40. The monoisotopic (exact) mass is 307 g/mol. The van der Waals surface area contributed by atoms with Crippen LogP contribution in [0, 0.1) is 5.82 Å². The number of aliphatic hydroxyl groups is 1. The standard InChI is InChI=1S/C14H17F4NO2/c1-13(2,6-9(20)7-14(16,17)18)11-4-3-8(15)5-10(11)12(19)21/h3-5,9,20H,6-7H2,1-2H3,(H2,19,21)/t9-/m0/s1. The maximum Gasteiger partial charge on any atom is 0.391 e. The van der Waals surface area contributed by atoms with E-state index in [1.807, 2.05) is 0 Å². The van der Waals surface area contributed by atoms with Crippen LogP contribution in [0.4, 0.5) is 17.6 Å². The molecule has 0 aliphatic carbocycles. The van der Waals surface area contributed by atoms with Crippen molar-refractivity contribution >= 4 is 5.91 Å². The third-order valence-corrected chi connectivity index (χ3v) is 3.19. The Morgan fingerprint density at radius 3 is 2.33 bits per heavy atom. The molecule has 0 aromatic heterocycles. The number of amides is 1. The highest BCUT2D eigenvalue weighted by Crippen LogP contribution is 2.34. The lowest BCUT2D eigenvalue weighted by Gasteiger charge is -2.30. The predicted molar refractivity (Wildman–Crippen MR) is 69.2 cm³/mol. The molecule has 0 aliphatic heterocycles. The third kappa shape index (κ3) is 5.00. The minimum Gasteiger partial charge on any atom is -0.393 e. The van der Waals surface area contributed by atoms with Crippen LogP contribution in [0.1, 0.15) is 42.6 Å². The molecule has 1 aromatic rings. The van der Waals surface area contributed by atoms with Crippen molar-refractivity contribution in [3.8, 4) is 0 Å². The number of hydrogen-bond donors (Lipinski definition) is 2. The molecule has 0 fully saturated rings. The molecule has 0 spiro atoms. The van der Waals surface area contributed by atoms with Gasteiger partial charge >= 0.3 is 6.18 Å². The zero-order chi connectivity index (χ0) is 16.4. The molecular weight excluding hydrogens is 290 g/mol. The Balaban J connectivity index is 3.05. The van der Waals surface area contributed by atoms with Gasteiger partial charge < -0.3 is 10.8 Å². The van der Waals surface area contributed by atoms with E-state index in [9.17, 15) is 27.5 Å². The van der Waals surface area contributed by atoms with E-state index < -0.39 is 35.8 Å². The van der Waals surface area contributed by atoms with Gasteiger partial charge in [-0.2, -0.15) is 13.2 Å². The van der Waals surface area contributed by atoms with Gasteiger partial charge in [-0.25, -0.2) is 4.39 Å². The molecule has 7 heteroatoms. The first-order valence-corrected chi connectivity index (χ1v) is 6.27. The van der Waals surface area contributed by atoms with Gasteiger partial charge in [0.05, 0.1) is 12.5 Å². The van der Waals surface area contributed by atoms with Gasteiger partial charge in [0.1, 0.15) is 5.82 Å². The Kier molecular flexibility index (Phi) is 4.99. The molecule has 0 heterocycles. The highest BCUT2D eigenvalue weighted by atomic mass is 19.4. The minimum absolute atomic E-state index is 0.0980. The van der Waals surface area contributed by atoms with Crippen LogP contribution in [0.25, 0.3) is 0 Å². The average molecular weight is 307 g/mol. The van der Waals surface area contributed by atoms with Crippen LogP contribution < -0.4 is 5.73 Å². The average Bonchev–Trinajstić information content (AvgIpc) is 2.24. The molecule has 0 bridgehead atoms. The van der Waals surface area contributed by atoms with Crippen LogP contribution in [0.15, 0.2) is 18.2 Å². The van der Waals surface area contributed by atoms with Gasteiger partial charge in [0.2, 0.25) is 5.91 Å². The van der Waals surface area contributed by atoms with Gasteiger partial charge in [-0.05, 0) is 29.5 Å². The second kappa shape index (κ2) is 6.01. The fourth-order valence-electron chi connectivity index (χ4n) is 2.35. The highest BCUT2D eigenvalue weighted by Gasteiger charge is 2.35. The van der Waals surface area contributed by atoms with E-state index in [0.717, 1.165) is 12.1 Å². The molecule has 0 aliphatic rings. The number of rotatable bonds is 5. The number of halogens is 4. The number of benzene rings is 1. The maximum atomic E-state index is 13.2. The van der Waals surface area contributed by atoms with Crippen molar-refractivity contribution in [1.29, 1.82) is 0 Å². The summed E-state index contributed by atoms with van der Waals surface area (Å²) in [5, 5.41) is 9.56. The molecular formula is C14H17F4NO2. The molecule has 118 valence electrons. The van der Waals surface area contributed by atoms with Gasteiger partial charge in [-0.1, -0.05) is 19.9 Å². The third-order valence-electron chi connectivity index (χ3n) is 3.19. The number of alkyl halides is 3. The summed E-state index contributed by atoms with van der Waals surface area (Å²) in [6.45, 7) is 3.12. The van der Waals surface area contributed by atoms with Crippen LogP contribution in [0.3, 0.4) is 0 Å². The molecule has 1 aromatic carbocycles. The van der Waals surface area contributed by atoms with Gasteiger partial charge in [-0.15, -0.1) is 0 Å². The quantitative estimate of drug-likeness (QED) is 0.822. The fraction of sp³-hybridized carbons (Fsp3) is 0.500. The summed E-state index contributed by atoms with van der Waals surface area (Å²) in [6.07, 6.45) is -7.68. The molecule has 0 unspecified atom stereocenters. The predicted octanol–water partition coefficient (Wildman–Crippen LogP) is 2.91. The number of aliphatic hydroxyl groups excluding tert-OH is 1. The first-order valence-electron chi connectivity index (χ1n) is 6.27. The first-order chi connectivity index (χ1) is 9.42. The van der Waals surface area contributed by atoms with Crippen molar-refractivity contribution in [3.63, 3.8) is 0 Å². The highest BCUT2D eigenvalue weighted by molar-refractivity contribution is 5.94. The van der Waals surface area contributed by atoms with E-state index >= 15 is 0 Å². The van der Waals surface area contributed by atoms with Crippen LogP contribution in [-0.4, -0.2) is 23.3 Å². The van der Waals surface area contributed by atoms with Crippen molar-refractivity contribution in [2.45, 2.75) is 44.4 Å². The Labute approximate surface area is 119 Å². The van der Waals surface area contributed by atoms with Crippen molar-refractivity contribution in [2.75, 3.05) is 0 Å². The van der Waals surface area contributed by atoms with Crippen LogP contribution in [-0.2, 0) is 5.41 Å². The summed E-state index contributed by atoms with van der Waals surface area (Å²) in [4.78, 5) is 11.3. The largest absolute Gasteiger partial charge is 0.393 e. The summed E-state index contributed by atoms with van der Waals surface area (Å²) < 4.78 is 50.0. The topological polar surface area (TPSA) is 63.3 Å². The van der Waals surface area contributed by atoms with Crippen LogP contribution in [0.5, 0.6) is 0 Å². The molecule has 0 radical (unpaired) electrons. The van der Waals surface area contributed by atoms with Crippen LogP contribution >= 0.6 is 0 Å². The van der Waals surface area contributed by atoms with Gasteiger partial charge in [0, 0.05) is 5.56 Å². The van der Waals surface area contributed by atoms with E-state index in [1.54, 1.807) is 13.8 Å². The maximum absolute atomic E-state index is 13.2. The summed E-state index contributed by atoms with van der Waals surface area (Å²) in [5.74, 6) is -1.54. The summed E-state index contributed by atoms with van der Waals surface area (Å²) in [6, 6.07) is 3.34. The molecule has 3 N–H and O–H groups in total. The number of primary amides is 1. The van der Waals surface area contributed by atoms with Crippen molar-refractivity contribution in [2.24, 2.45) is 5.73 Å². The van der Waals surface area contributed by atoms with E-state index in [0.29, 0.717) is 5.56 Å². The second-order valence-electron chi connectivity index (χ2n) is 5.62. The normalized spacial score (nSPS) is 14.0. The van der Waals surface area contributed by atoms with Gasteiger partial charge in [-0.3, -0.25) is 4.79 Å². The minimum atomic E-state index is -4.48. The van der Waals surface area contributed by atoms with E-state index in [2.05, 4.69) is 0 Å². The number of nitrogens with two attached hydrogens (primary N) is 1. The van der Waals surface area contributed by atoms with E-state index in [1.165, 1.54) is 6.07 Å². The Morgan fingerprint density at radius 1 is 1.29 bits per heavy atom. The molecule has 1 amide bonds. The molecule has 0 saturated carbocycles. The van der Waals surface area contributed by atoms with Crippen LogP contribution in [0.2, 0.25) is 0 Å². The number of carbonyl (C=O) groups is 1. The van der Waals surface area contributed by atoms with Gasteiger partial charge in [0.15, 0.2) is 0 Å². The molecule has 0 saturated heterocycles. The smallest absolute Gasteiger partial charge is 0.391 e. The molecule has 3 nitrogen and oxygen atoms in total. The van der Waals surface area contributed by atoms with Crippen molar-refractivity contribution < 1.29 is 27.5 Å². The lowest BCUT2D eigenvalue weighted by Crippen LogP contribution is -2.30.